The van der Waals surface area contributed by atoms with Crippen molar-refractivity contribution in [2.24, 2.45) is 28.6 Å². The summed E-state index contributed by atoms with van der Waals surface area (Å²) < 4.78 is 32.9. The highest BCUT2D eigenvalue weighted by molar-refractivity contribution is 5.96. The molecule has 4 fully saturated rings. The van der Waals surface area contributed by atoms with E-state index in [1.165, 1.54) is 13.2 Å². The molecule has 0 radical (unpaired) electrons. The van der Waals surface area contributed by atoms with Crippen molar-refractivity contribution in [3.8, 4) is 0 Å². The van der Waals surface area contributed by atoms with Gasteiger partial charge in [0.25, 0.3) is 0 Å². The van der Waals surface area contributed by atoms with Gasteiger partial charge in [-0.15, -0.1) is 0 Å². The van der Waals surface area contributed by atoms with Crippen molar-refractivity contribution in [1.82, 2.24) is 0 Å². The second kappa shape index (κ2) is 10.2. The fourth-order valence-corrected chi connectivity index (χ4v) is 8.62. The molecule has 13 nitrogen and oxygen atoms in total. The number of hydrogen-bond donors (Lipinski definition) is 2. The van der Waals surface area contributed by atoms with E-state index in [1.54, 1.807) is 27.7 Å². The first-order chi connectivity index (χ1) is 19.7. The summed E-state index contributed by atoms with van der Waals surface area (Å²) in [5, 5.41) is 23.5. The van der Waals surface area contributed by atoms with Gasteiger partial charge in [0, 0.05) is 23.8 Å². The van der Waals surface area contributed by atoms with E-state index in [2.05, 4.69) is 4.74 Å². The molecule has 10 atom stereocenters. The lowest BCUT2D eigenvalue weighted by molar-refractivity contribution is -0.290. The number of aliphatic hydroxyl groups excluding tert-OH is 2. The Kier molecular flexibility index (Phi) is 7.30. The number of ether oxygens (including phenoxy) is 6. The fourth-order valence-electron chi connectivity index (χ4n) is 8.62. The average molecular weight is 593 g/mol. The number of carbonyl (C=O) groups is 5. The lowest BCUT2D eigenvalue weighted by Crippen LogP contribution is -2.79. The molecule has 2 N–H and O–H groups in total. The highest BCUT2D eigenvalue weighted by Gasteiger charge is 2.85. The minimum Gasteiger partial charge on any atom is -0.478 e. The van der Waals surface area contributed by atoms with Crippen molar-refractivity contribution in [1.29, 1.82) is 0 Å². The molecule has 0 aromatic carbocycles. The lowest BCUT2D eigenvalue weighted by Gasteiger charge is -2.67. The van der Waals surface area contributed by atoms with Crippen LogP contribution in [0.5, 0.6) is 0 Å². The van der Waals surface area contributed by atoms with Gasteiger partial charge < -0.3 is 38.6 Å². The minimum absolute atomic E-state index is 0.0107. The van der Waals surface area contributed by atoms with Crippen LogP contribution in [-0.4, -0.2) is 97.3 Å². The predicted molar refractivity (Wildman–Crippen MR) is 138 cm³/mol. The number of ketones is 1. The first-order valence-electron chi connectivity index (χ1n) is 13.8. The van der Waals surface area contributed by atoms with Gasteiger partial charge in [-0.3, -0.25) is 4.79 Å². The van der Waals surface area contributed by atoms with Gasteiger partial charge in [0.15, 0.2) is 18.1 Å². The van der Waals surface area contributed by atoms with Crippen LogP contribution < -0.4 is 0 Å². The van der Waals surface area contributed by atoms with Crippen LogP contribution in [0.15, 0.2) is 23.0 Å². The van der Waals surface area contributed by atoms with Gasteiger partial charge in [-0.2, -0.15) is 0 Å². The topological polar surface area (TPSA) is 181 Å². The second-order valence-corrected chi connectivity index (χ2v) is 12.4. The quantitative estimate of drug-likeness (QED) is 0.242. The molecular formula is C29H36O13. The highest BCUT2D eigenvalue weighted by atomic mass is 16.6. The van der Waals surface area contributed by atoms with Gasteiger partial charge in [-0.25, -0.2) is 19.2 Å². The molecule has 0 aromatic rings. The molecule has 2 saturated heterocycles. The second-order valence-electron chi connectivity index (χ2n) is 12.4. The molecule has 13 heteroatoms. The number of esters is 4. The van der Waals surface area contributed by atoms with Gasteiger partial charge in [0.2, 0.25) is 11.7 Å². The number of methoxy groups -OCH3 is 2. The van der Waals surface area contributed by atoms with Crippen LogP contribution in [0.4, 0.5) is 0 Å². The maximum atomic E-state index is 13.6. The first-order valence-corrected chi connectivity index (χ1v) is 13.8. The first kappa shape index (κ1) is 30.2. The number of hydrogen-bond acceptors (Lipinski definition) is 13. The van der Waals surface area contributed by atoms with Gasteiger partial charge in [0.1, 0.15) is 12.2 Å². The maximum absolute atomic E-state index is 13.6. The summed E-state index contributed by atoms with van der Waals surface area (Å²) in [5.41, 5.74) is -3.56. The Hall–Kier alpha value is -3.29. The summed E-state index contributed by atoms with van der Waals surface area (Å²) >= 11 is 0. The minimum atomic E-state index is -2.25. The predicted octanol–water partition coefficient (Wildman–Crippen LogP) is 0.149. The van der Waals surface area contributed by atoms with Crippen LogP contribution in [0.3, 0.4) is 0 Å². The molecule has 2 saturated carbocycles. The van der Waals surface area contributed by atoms with Crippen LogP contribution in [0.25, 0.3) is 0 Å². The maximum Gasteiger partial charge on any atom is 0.348 e. The van der Waals surface area contributed by atoms with E-state index in [4.69, 9.17) is 23.7 Å². The van der Waals surface area contributed by atoms with Crippen molar-refractivity contribution in [3.63, 3.8) is 0 Å². The number of allylic oxidation sites excluding steroid dienone is 3. The summed E-state index contributed by atoms with van der Waals surface area (Å²) in [6.45, 7) is 6.06. The van der Waals surface area contributed by atoms with E-state index in [0.717, 1.165) is 7.11 Å². The van der Waals surface area contributed by atoms with Gasteiger partial charge in [-0.05, 0) is 44.1 Å². The Bertz CT molecular complexity index is 1300. The van der Waals surface area contributed by atoms with Crippen LogP contribution in [0.1, 0.15) is 40.5 Å². The molecule has 1 spiro atoms. The van der Waals surface area contributed by atoms with E-state index in [1.807, 2.05) is 0 Å². The number of fused-ring (bicyclic) bond motifs is 2. The van der Waals surface area contributed by atoms with E-state index >= 15 is 0 Å². The molecule has 230 valence electrons. The molecule has 2 bridgehead atoms. The summed E-state index contributed by atoms with van der Waals surface area (Å²) in [4.78, 5) is 65.0. The number of carbonyl (C=O) groups excluding carboxylic acids is 5. The molecule has 2 heterocycles. The Morgan fingerprint density at radius 1 is 1.10 bits per heavy atom. The fraction of sp³-hybridized carbons (Fsp3) is 0.690. The van der Waals surface area contributed by atoms with E-state index in [9.17, 15) is 34.2 Å². The Labute approximate surface area is 242 Å². The van der Waals surface area contributed by atoms with Crippen LogP contribution in [0.2, 0.25) is 0 Å². The largest absolute Gasteiger partial charge is 0.478 e. The standard InChI is InChI=1S/C29H36O13/c1-12(2)7-17(31)42-21-23-28-11-40-29(23,26(36)38-6)24(34)19(33)22(28)27(4)9-15(30)20(39-10-18(32)37-5)13(3)14(27)8-16(28)41-25(21)35/h7,14,16,19,21-24,33-34H,8-11H2,1-6H3/t14-,16+,19+,21+,22+,23+,24-,27-,28+,29-/m0/s1. The summed E-state index contributed by atoms with van der Waals surface area (Å²) in [7, 11) is 2.28. The van der Waals surface area contributed by atoms with Crippen LogP contribution in [0, 0.1) is 28.6 Å². The third kappa shape index (κ3) is 3.89. The summed E-state index contributed by atoms with van der Waals surface area (Å²) in [6, 6.07) is 0. The zero-order chi connectivity index (χ0) is 30.9. The molecule has 5 rings (SSSR count). The third-order valence-electron chi connectivity index (χ3n) is 10.0. The van der Waals surface area contributed by atoms with Crippen molar-refractivity contribution < 1.29 is 62.6 Å². The zero-order valence-electron chi connectivity index (χ0n) is 24.3. The average Bonchev–Trinajstić information content (AvgIpc) is 3.22. The molecule has 3 aliphatic carbocycles. The van der Waals surface area contributed by atoms with Crippen LogP contribution >= 0.6 is 0 Å². The number of Topliss-reactive ketones (excluding diaryl/α,β-unsaturated/α-hetero) is 1. The van der Waals surface area contributed by atoms with Crippen molar-refractivity contribution in [2.45, 2.75) is 70.6 Å². The van der Waals surface area contributed by atoms with Crippen LogP contribution in [-0.2, 0) is 52.4 Å². The third-order valence-corrected chi connectivity index (χ3v) is 10.0. The Morgan fingerprint density at radius 2 is 1.79 bits per heavy atom. The van der Waals surface area contributed by atoms with Gasteiger partial charge >= 0.3 is 23.9 Å². The highest BCUT2D eigenvalue weighted by Crippen LogP contribution is 2.72. The molecule has 2 aliphatic heterocycles. The number of aliphatic hydroxyl groups is 2. The Balaban J connectivity index is 1.67. The summed E-state index contributed by atoms with van der Waals surface area (Å²) in [6.07, 6.45) is -4.99. The van der Waals surface area contributed by atoms with Gasteiger partial charge in [-0.1, -0.05) is 12.5 Å². The van der Waals surface area contributed by atoms with E-state index in [-0.39, 0.29) is 25.2 Å². The van der Waals surface area contributed by atoms with E-state index < -0.39 is 94.9 Å². The smallest absolute Gasteiger partial charge is 0.348 e. The lowest BCUT2D eigenvalue weighted by atomic mass is 9.38. The van der Waals surface area contributed by atoms with E-state index in [0.29, 0.717) is 11.1 Å². The monoisotopic (exact) mass is 592 g/mol. The molecule has 0 amide bonds. The van der Waals surface area contributed by atoms with Crippen molar-refractivity contribution in [3.05, 3.63) is 23.0 Å². The molecule has 0 aromatic heterocycles. The Morgan fingerprint density at radius 3 is 2.40 bits per heavy atom. The van der Waals surface area contributed by atoms with Crippen molar-refractivity contribution in [2.75, 3.05) is 27.4 Å². The summed E-state index contributed by atoms with van der Waals surface area (Å²) in [5.74, 6) is -6.70. The molecule has 42 heavy (non-hydrogen) atoms. The zero-order valence-corrected chi connectivity index (χ0v) is 24.3. The molecular weight excluding hydrogens is 556 g/mol. The van der Waals surface area contributed by atoms with Crippen molar-refractivity contribution >= 4 is 29.7 Å². The SMILES string of the molecule is COC(=O)COC1=C(C)[C@@H]2C[C@H]3OC(=O)[C@H](OC(=O)C=C(C)C)[C@H]4[C@]5(C(=O)OC)OC[C@]34[C@H]([C@@H](O)[C@@H]5O)[C@@]2(C)CC1=O. The normalized spacial score (nSPS) is 41.6. The number of rotatable bonds is 6. The van der Waals surface area contributed by atoms with Gasteiger partial charge in [0.05, 0.1) is 32.8 Å². The molecule has 5 aliphatic rings. The molecule has 0 unspecified atom stereocenters.